The molecule has 0 atom stereocenters. The lowest BCUT2D eigenvalue weighted by Crippen LogP contribution is -2.33. The number of halogens is 6. The van der Waals surface area contributed by atoms with Crippen molar-refractivity contribution in [3.05, 3.63) is 105 Å². The zero-order valence-corrected chi connectivity index (χ0v) is 20.2. The van der Waals surface area contributed by atoms with Gasteiger partial charge < -0.3 is 4.90 Å². The Bertz CT molecular complexity index is 1210. The van der Waals surface area contributed by atoms with Crippen molar-refractivity contribution in [3.63, 3.8) is 0 Å². The Labute approximate surface area is 211 Å². The van der Waals surface area contributed by atoms with Gasteiger partial charge in [-0.2, -0.15) is 13.2 Å². The highest BCUT2D eigenvalue weighted by Crippen LogP contribution is 2.45. The van der Waals surface area contributed by atoms with E-state index >= 15 is 0 Å². The molecule has 0 spiro atoms. The van der Waals surface area contributed by atoms with E-state index in [1.165, 1.54) is 11.0 Å². The monoisotopic (exact) mass is 523 g/mol. The molecule has 3 aromatic rings. The molecule has 184 valence electrons. The number of carbonyl (C=O) groups is 1. The van der Waals surface area contributed by atoms with Gasteiger partial charge >= 0.3 is 6.18 Å². The van der Waals surface area contributed by atoms with E-state index in [-0.39, 0.29) is 23.7 Å². The molecule has 0 aromatic heterocycles. The van der Waals surface area contributed by atoms with Crippen molar-refractivity contribution in [2.24, 2.45) is 0 Å². The molecule has 0 radical (unpaired) electrons. The first-order valence-electron chi connectivity index (χ1n) is 11.2. The predicted octanol–water partition coefficient (Wildman–Crippen LogP) is 8.25. The maximum Gasteiger partial charge on any atom is 0.416 e. The number of hydrogen-bond acceptors (Lipinski definition) is 1. The second-order valence-corrected chi connectivity index (χ2v) is 9.72. The van der Waals surface area contributed by atoms with Crippen LogP contribution in [-0.4, -0.2) is 17.4 Å². The number of amides is 1. The molecule has 1 fully saturated rings. The second-order valence-electron chi connectivity index (χ2n) is 8.85. The predicted molar refractivity (Wildman–Crippen MR) is 129 cm³/mol. The lowest BCUT2D eigenvalue weighted by atomic mass is 9.77. The van der Waals surface area contributed by atoms with E-state index in [0.29, 0.717) is 29.8 Å². The molecule has 0 heterocycles. The topological polar surface area (TPSA) is 20.3 Å². The number of benzene rings is 3. The highest BCUT2D eigenvalue weighted by Gasteiger charge is 2.38. The molecule has 3 aromatic carbocycles. The molecular weight excluding hydrogens is 501 g/mol. The van der Waals surface area contributed by atoms with Crippen LogP contribution >= 0.6 is 23.2 Å². The lowest BCUT2D eigenvalue weighted by molar-refractivity contribution is -0.137. The van der Waals surface area contributed by atoms with Gasteiger partial charge in [0.05, 0.1) is 5.56 Å². The number of carbonyl (C=O) groups excluding carboxylic acids is 1. The summed E-state index contributed by atoms with van der Waals surface area (Å²) in [6.07, 6.45) is -2.35. The van der Waals surface area contributed by atoms with E-state index in [4.69, 9.17) is 23.2 Å². The molecule has 0 N–H and O–H groups in total. The molecule has 8 heteroatoms. The largest absolute Gasteiger partial charge is 0.416 e. The summed E-state index contributed by atoms with van der Waals surface area (Å²) in [6.45, 7) is 0.384. The summed E-state index contributed by atoms with van der Waals surface area (Å²) in [4.78, 5) is 14.8. The van der Waals surface area contributed by atoms with Gasteiger partial charge in [0.2, 0.25) is 0 Å². The summed E-state index contributed by atoms with van der Waals surface area (Å²) in [5.74, 6) is -0.579. The van der Waals surface area contributed by atoms with Gasteiger partial charge in [-0.3, -0.25) is 4.79 Å². The first-order chi connectivity index (χ1) is 16.5. The normalized spacial score (nSPS) is 14.9. The van der Waals surface area contributed by atoms with Gasteiger partial charge in [0.1, 0.15) is 5.67 Å². The Morgan fingerprint density at radius 1 is 0.914 bits per heavy atom. The molecule has 1 saturated carbocycles. The van der Waals surface area contributed by atoms with Gasteiger partial charge in [-0.15, -0.1) is 0 Å². The molecule has 1 amide bonds. The van der Waals surface area contributed by atoms with Gasteiger partial charge in [0.15, 0.2) is 0 Å². The van der Waals surface area contributed by atoms with Crippen LogP contribution in [0.3, 0.4) is 0 Å². The number of nitrogens with zero attached hydrogens (tertiary/aromatic N) is 1. The molecular formula is C27H23Cl2F4NO. The van der Waals surface area contributed by atoms with Crippen molar-refractivity contribution in [1.29, 1.82) is 0 Å². The fraction of sp³-hybridized carbons (Fsp3) is 0.296. The zero-order chi connectivity index (χ0) is 25.2. The average Bonchev–Trinajstić information content (AvgIpc) is 2.79. The summed E-state index contributed by atoms with van der Waals surface area (Å²) >= 11 is 12.0. The maximum atomic E-state index is 14.7. The molecule has 4 rings (SSSR count). The summed E-state index contributed by atoms with van der Waals surface area (Å²) in [7, 11) is 0. The van der Waals surface area contributed by atoms with Gasteiger partial charge in [0, 0.05) is 28.7 Å². The highest BCUT2D eigenvalue weighted by molar-refractivity contribution is 6.31. The zero-order valence-electron chi connectivity index (χ0n) is 18.7. The van der Waals surface area contributed by atoms with E-state index in [9.17, 15) is 22.4 Å². The molecule has 2 nitrogen and oxygen atoms in total. The van der Waals surface area contributed by atoms with Crippen LogP contribution < -0.4 is 0 Å². The minimum absolute atomic E-state index is 0.146. The summed E-state index contributed by atoms with van der Waals surface area (Å²) < 4.78 is 54.6. The first kappa shape index (κ1) is 25.5. The summed E-state index contributed by atoms with van der Waals surface area (Å²) in [5, 5.41) is 0.382. The van der Waals surface area contributed by atoms with Crippen molar-refractivity contribution < 1.29 is 22.4 Å². The van der Waals surface area contributed by atoms with Crippen LogP contribution in [0.2, 0.25) is 10.0 Å². The number of rotatable bonds is 7. The molecule has 0 bridgehead atoms. The Kier molecular flexibility index (Phi) is 7.43. The van der Waals surface area contributed by atoms with Crippen LogP contribution in [0.25, 0.3) is 0 Å². The van der Waals surface area contributed by atoms with Gasteiger partial charge in [-0.25, -0.2) is 4.39 Å². The van der Waals surface area contributed by atoms with E-state index in [1.807, 2.05) is 6.07 Å². The second kappa shape index (κ2) is 10.2. The summed E-state index contributed by atoms with van der Waals surface area (Å²) in [6, 6.07) is 17.0. The van der Waals surface area contributed by atoms with Crippen molar-refractivity contribution in [2.45, 2.75) is 44.1 Å². The van der Waals surface area contributed by atoms with Crippen LogP contribution in [0.15, 0.2) is 66.7 Å². The minimum atomic E-state index is -4.63. The minimum Gasteiger partial charge on any atom is -0.334 e. The van der Waals surface area contributed by atoms with Crippen molar-refractivity contribution in [2.75, 3.05) is 6.54 Å². The fourth-order valence-corrected chi connectivity index (χ4v) is 4.62. The van der Waals surface area contributed by atoms with Crippen molar-refractivity contribution in [3.8, 4) is 0 Å². The number of hydrogen-bond donors (Lipinski definition) is 0. The Hall–Kier alpha value is -2.57. The Balaban J connectivity index is 1.59. The van der Waals surface area contributed by atoms with Crippen molar-refractivity contribution in [1.82, 2.24) is 4.90 Å². The van der Waals surface area contributed by atoms with Crippen LogP contribution in [0.4, 0.5) is 17.6 Å². The average molecular weight is 524 g/mol. The fourth-order valence-electron chi connectivity index (χ4n) is 4.17. The standard InChI is InChI=1S/C27H23Cl2F4NO/c28-23-4-1-3-18(13-23)9-12-34(17-19-5-7-21(8-6-19)26(30)10-2-11-26)25(35)20-14-22(27(31,32)33)16-24(29)15-20/h1,3-8,13-16H,2,9-12,17H2. The van der Waals surface area contributed by atoms with E-state index in [2.05, 4.69) is 0 Å². The highest BCUT2D eigenvalue weighted by atomic mass is 35.5. The molecule has 35 heavy (non-hydrogen) atoms. The van der Waals surface area contributed by atoms with E-state index < -0.39 is 23.3 Å². The Morgan fingerprint density at radius 2 is 1.63 bits per heavy atom. The molecule has 0 aliphatic heterocycles. The van der Waals surface area contributed by atoms with Crippen LogP contribution in [0.1, 0.15) is 51.9 Å². The molecule has 1 aliphatic rings. The van der Waals surface area contributed by atoms with Crippen molar-refractivity contribution >= 4 is 29.1 Å². The summed E-state index contributed by atoms with van der Waals surface area (Å²) in [5.41, 5.74) is -0.193. The van der Waals surface area contributed by atoms with Gasteiger partial charge in [0.25, 0.3) is 5.91 Å². The van der Waals surface area contributed by atoms with E-state index in [0.717, 1.165) is 29.7 Å². The Morgan fingerprint density at radius 3 is 2.23 bits per heavy atom. The first-order valence-corrected chi connectivity index (χ1v) is 12.0. The third kappa shape index (κ3) is 6.17. The third-order valence-corrected chi connectivity index (χ3v) is 6.76. The molecule has 0 saturated heterocycles. The van der Waals surface area contributed by atoms with Crippen LogP contribution in [-0.2, 0) is 24.8 Å². The number of alkyl halides is 4. The van der Waals surface area contributed by atoms with E-state index in [1.54, 1.807) is 42.5 Å². The molecule has 1 aliphatic carbocycles. The SMILES string of the molecule is O=C(c1cc(Cl)cc(C(F)(F)F)c1)N(CCc1cccc(Cl)c1)Cc1ccc(C2(F)CCC2)cc1. The lowest BCUT2D eigenvalue weighted by Gasteiger charge is -2.34. The van der Waals surface area contributed by atoms with Gasteiger partial charge in [-0.05, 0) is 72.7 Å². The quantitative estimate of drug-likeness (QED) is 0.285. The van der Waals surface area contributed by atoms with Crippen LogP contribution in [0, 0.1) is 0 Å². The third-order valence-electron chi connectivity index (χ3n) is 6.31. The van der Waals surface area contributed by atoms with Crippen LogP contribution in [0.5, 0.6) is 0 Å². The smallest absolute Gasteiger partial charge is 0.334 e. The maximum absolute atomic E-state index is 14.7. The van der Waals surface area contributed by atoms with Gasteiger partial charge in [-0.1, -0.05) is 59.6 Å². The molecule has 0 unspecified atom stereocenters.